The maximum atomic E-state index is 6.28. The summed E-state index contributed by atoms with van der Waals surface area (Å²) in [7, 11) is 0. The molecule has 2 fully saturated rings. The molecule has 0 aromatic carbocycles. The molecule has 2 aliphatic heterocycles. The first-order chi connectivity index (χ1) is 14.4. The summed E-state index contributed by atoms with van der Waals surface area (Å²) in [5, 5.41) is 0. The molecule has 172 valence electrons. The Labute approximate surface area is 187 Å². The standard InChI is InChI=1S/C26H51NOS/c1-2-3-4-5-6-7-8-9-10-11-12-13-14-15-16-19-26-28-25(24-29-26)20-23-27-21-17-18-22-27/h25-26H,2-24H2,1H3. The number of thioether (sulfide) groups is 1. The molecule has 0 N–H and O–H groups in total. The minimum absolute atomic E-state index is 0.501. The van der Waals surface area contributed by atoms with Crippen molar-refractivity contribution < 1.29 is 4.74 Å². The van der Waals surface area contributed by atoms with Gasteiger partial charge >= 0.3 is 0 Å². The largest absolute Gasteiger partial charge is 0.363 e. The lowest BCUT2D eigenvalue weighted by atomic mass is 10.0. The Morgan fingerprint density at radius 1 is 0.690 bits per heavy atom. The van der Waals surface area contributed by atoms with E-state index >= 15 is 0 Å². The third-order valence-electron chi connectivity index (χ3n) is 6.82. The molecule has 29 heavy (non-hydrogen) atoms. The first-order valence-electron chi connectivity index (χ1n) is 13.4. The van der Waals surface area contributed by atoms with Gasteiger partial charge in [0.25, 0.3) is 0 Å². The summed E-state index contributed by atoms with van der Waals surface area (Å²) >= 11 is 2.08. The van der Waals surface area contributed by atoms with Crippen LogP contribution in [-0.4, -0.2) is 41.8 Å². The van der Waals surface area contributed by atoms with Crippen molar-refractivity contribution in [2.45, 2.75) is 140 Å². The molecular formula is C26H51NOS. The molecule has 0 aromatic rings. The molecule has 2 saturated heterocycles. The van der Waals surface area contributed by atoms with Crippen LogP contribution in [0.5, 0.6) is 0 Å². The van der Waals surface area contributed by atoms with Crippen LogP contribution in [-0.2, 0) is 4.74 Å². The molecule has 2 heterocycles. The van der Waals surface area contributed by atoms with Crippen LogP contribution in [0.3, 0.4) is 0 Å². The predicted molar refractivity (Wildman–Crippen MR) is 131 cm³/mol. The quantitative estimate of drug-likeness (QED) is 0.193. The van der Waals surface area contributed by atoms with Crippen LogP contribution in [0, 0.1) is 0 Å². The van der Waals surface area contributed by atoms with Gasteiger partial charge in [0, 0.05) is 12.3 Å². The fourth-order valence-corrected chi connectivity index (χ4v) is 6.07. The van der Waals surface area contributed by atoms with Crippen molar-refractivity contribution in [1.82, 2.24) is 4.90 Å². The lowest BCUT2D eigenvalue weighted by molar-refractivity contribution is 0.0502. The molecule has 0 aliphatic carbocycles. The van der Waals surface area contributed by atoms with Crippen molar-refractivity contribution in [1.29, 1.82) is 0 Å². The molecular weight excluding hydrogens is 374 g/mol. The second-order valence-corrected chi connectivity index (χ2v) is 10.8. The topological polar surface area (TPSA) is 12.5 Å². The van der Waals surface area contributed by atoms with E-state index in [4.69, 9.17) is 4.74 Å². The fourth-order valence-electron chi connectivity index (χ4n) is 4.83. The van der Waals surface area contributed by atoms with Crippen molar-refractivity contribution in [3.8, 4) is 0 Å². The van der Waals surface area contributed by atoms with E-state index in [1.54, 1.807) is 0 Å². The third kappa shape index (κ3) is 13.3. The molecule has 0 saturated carbocycles. The van der Waals surface area contributed by atoms with Gasteiger partial charge in [-0.05, 0) is 45.2 Å². The Morgan fingerprint density at radius 3 is 1.76 bits per heavy atom. The number of rotatable bonds is 19. The van der Waals surface area contributed by atoms with Crippen molar-refractivity contribution >= 4 is 11.8 Å². The van der Waals surface area contributed by atoms with Gasteiger partial charge in [-0.25, -0.2) is 0 Å². The zero-order chi connectivity index (χ0) is 20.4. The van der Waals surface area contributed by atoms with Gasteiger partial charge in [0.2, 0.25) is 0 Å². The number of hydrogen-bond donors (Lipinski definition) is 0. The summed E-state index contributed by atoms with van der Waals surface area (Å²) in [6.07, 6.45) is 27.6. The number of likely N-dealkylation sites (tertiary alicyclic amines) is 1. The van der Waals surface area contributed by atoms with Crippen LogP contribution < -0.4 is 0 Å². The SMILES string of the molecule is CCCCCCCCCCCCCCCCCC1OC(CCN2CCCC2)CS1. The maximum absolute atomic E-state index is 6.28. The molecule has 0 bridgehead atoms. The number of nitrogens with zero attached hydrogens (tertiary/aromatic N) is 1. The summed E-state index contributed by atoms with van der Waals surface area (Å²) in [5.41, 5.74) is 0.501. The summed E-state index contributed by atoms with van der Waals surface area (Å²) < 4.78 is 6.28. The molecule has 2 rings (SSSR count). The van der Waals surface area contributed by atoms with Crippen LogP contribution in [0.2, 0.25) is 0 Å². The second kappa shape index (κ2) is 17.9. The Hall–Kier alpha value is 0.270. The van der Waals surface area contributed by atoms with Crippen molar-refractivity contribution in [2.75, 3.05) is 25.4 Å². The van der Waals surface area contributed by atoms with Crippen LogP contribution in [0.25, 0.3) is 0 Å². The maximum Gasteiger partial charge on any atom is 0.103 e. The monoisotopic (exact) mass is 425 g/mol. The highest BCUT2D eigenvalue weighted by Crippen LogP contribution is 2.31. The van der Waals surface area contributed by atoms with Gasteiger partial charge in [-0.1, -0.05) is 96.8 Å². The smallest absolute Gasteiger partial charge is 0.103 e. The van der Waals surface area contributed by atoms with E-state index < -0.39 is 0 Å². The van der Waals surface area contributed by atoms with Crippen LogP contribution in [0.15, 0.2) is 0 Å². The molecule has 0 radical (unpaired) electrons. The van der Waals surface area contributed by atoms with E-state index in [1.165, 1.54) is 147 Å². The fraction of sp³-hybridized carbons (Fsp3) is 1.00. The van der Waals surface area contributed by atoms with E-state index in [0.29, 0.717) is 11.5 Å². The van der Waals surface area contributed by atoms with E-state index in [-0.39, 0.29) is 0 Å². The summed E-state index contributed by atoms with van der Waals surface area (Å²) in [4.78, 5) is 2.62. The van der Waals surface area contributed by atoms with E-state index in [0.717, 1.165) is 0 Å². The summed E-state index contributed by atoms with van der Waals surface area (Å²) in [6.45, 7) is 6.21. The van der Waals surface area contributed by atoms with Gasteiger partial charge in [0.05, 0.1) is 6.10 Å². The molecule has 2 unspecified atom stereocenters. The molecule has 3 heteroatoms. The first kappa shape index (κ1) is 25.5. The molecule has 0 spiro atoms. The third-order valence-corrected chi connectivity index (χ3v) is 8.10. The molecule has 2 atom stereocenters. The highest BCUT2D eigenvalue weighted by molar-refractivity contribution is 8.00. The molecule has 0 amide bonds. The normalized spacial score (nSPS) is 22.7. The highest BCUT2D eigenvalue weighted by atomic mass is 32.2. The average Bonchev–Trinajstić information content (AvgIpc) is 3.41. The zero-order valence-electron chi connectivity index (χ0n) is 19.7. The van der Waals surface area contributed by atoms with Crippen LogP contribution >= 0.6 is 11.8 Å². The Balaban J connectivity index is 1.27. The number of unbranched alkanes of at least 4 members (excludes halogenated alkanes) is 14. The minimum atomic E-state index is 0.501. The van der Waals surface area contributed by atoms with Crippen LogP contribution in [0.1, 0.15) is 129 Å². The van der Waals surface area contributed by atoms with Gasteiger partial charge in [-0.3, -0.25) is 0 Å². The lowest BCUT2D eigenvalue weighted by Crippen LogP contribution is -2.25. The van der Waals surface area contributed by atoms with Crippen LogP contribution in [0.4, 0.5) is 0 Å². The predicted octanol–water partition coefficient (Wildman–Crippen LogP) is 8.19. The van der Waals surface area contributed by atoms with Gasteiger partial charge in [0.1, 0.15) is 5.44 Å². The Morgan fingerprint density at radius 2 is 1.21 bits per heavy atom. The highest BCUT2D eigenvalue weighted by Gasteiger charge is 2.26. The van der Waals surface area contributed by atoms with Gasteiger partial charge in [0.15, 0.2) is 0 Å². The zero-order valence-corrected chi connectivity index (χ0v) is 20.5. The first-order valence-corrected chi connectivity index (χ1v) is 14.4. The van der Waals surface area contributed by atoms with Crippen molar-refractivity contribution in [2.24, 2.45) is 0 Å². The molecule has 2 aliphatic rings. The van der Waals surface area contributed by atoms with Crippen molar-refractivity contribution in [3.05, 3.63) is 0 Å². The average molecular weight is 426 g/mol. The number of ether oxygens (including phenoxy) is 1. The minimum Gasteiger partial charge on any atom is -0.363 e. The van der Waals surface area contributed by atoms with Crippen molar-refractivity contribution in [3.63, 3.8) is 0 Å². The van der Waals surface area contributed by atoms with E-state index in [2.05, 4.69) is 23.6 Å². The Bertz CT molecular complexity index is 359. The van der Waals surface area contributed by atoms with E-state index in [9.17, 15) is 0 Å². The van der Waals surface area contributed by atoms with Gasteiger partial charge in [-0.15, -0.1) is 11.8 Å². The summed E-state index contributed by atoms with van der Waals surface area (Å²) in [5.74, 6) is 1.23. The molecule has 0 aromatic heterocycles. The molecule has 2 nitrogen and oxygen atoms in total. The number of hydrogen-bond acceptors (Lipinski definition) is 3. The Kier molecular flexibility index (Phi) is 15.8. The van der Waals surface area contributed by atoms with Gasteiger partial charge < -0.3 is 9.64 Å². The lowest BCUT2D eigenvalue weighted by Gasteiger charge is -2.17. The summed E-state index contributed by atoms with van der Waals surface area (Å²) in [6, 6.07) is 0. The van der Waals surface area contributed by atoms with Gasteiger partial charge in [-0.2, -0.15) is 0 Å². The second-order valence-electron chi connectivity index (χ2n) is 9.60. The van der Waals surface area contributed by atoms with E-state index in [1.807, 2.05) is 0 Å².